The molecule has 1 aliphatic rings. The van der Waals surface area contributed by atoms with E-state index in [4.69, 9.17) is 15.3 Å². The Morgan fingerprint density at radius 1 is 1.12 bits per heavy atom. The van der Waals surface area contributed by atoms with E-state index in [2.05, 4.69) is 0 Å². The average molecular weight is 231 g/mol. The van der Waals surface area contributed by atoms with Crippen LogP contribution in [-0.2, 0) is 0 Å². The Labute approximate surface area is 95.7 Å². The highest BCUT2D eigenvalue weighted by Crippen LogP contribution is 2.37. The zero-order valence-electron chi connectivity index (χ0n) is 9.56. The quantitative estimate of drug-likeness (QED) is 0.671. The van der Waals surface area contributed by atoms with Gasteiger partial charge in [-0.15, -0.1) is 0 Å². The molecule has 0 aromatic heterocycles. The third-order valence-electron chi connectivity index (χ3n) is 3.60. The first-order valence-corrected chi connectivity index (χ1v) is 5.83. The fourth-order valence-corrected chi connectivity index (χ4v) is 2.54. The van der Waals surface area contributed by atoms with Gasteiger partial charge in [0.1, 0.15) is 0 Å². The third kappa shape index (κ3) is 3.35. The van der Waals surface area contributed by atoms with Gasteiger partial charge >= 0.3 is 6.09 Å². The molecule has 0 aliphatic carbocycles. The first-order chi connectivity index (χ1) is 7.63. The minimum atomic E-state index is -0.871. The Morgan fingerprint density at radius 3 is 2.25 bits per heavy atom. The second-order valence-electron chi connectivity index (χ2n) is 4.57. The maximum Gasteiger partial charge on any atom is 0.407 e. The number of aliphatic hydroxyl groups is 2. The number of likely N-dealkylation sites (tertiary alicyclic amines) is 1. The first kappa shape index (κ1) is 13.3. The molecule has 0 aromatic carbocycles. The van der Waals surface area contributed by atoms with E-state index >= 15 is 0 Å². The molecule has 3 N–H and O–H groups in total. The second kappa shape index (κ2) is 6.06. The number of carboxylic acid groups (broad SMARTS) is 1. The lowest BCUT2D eigenvalue weighted by atomic mass is 9.75. The summed E-state index contributed by atoms with van der Waals surface area (Å²) < 4.78 is 0. The topological polar surface area (TPSA) is 81.0 Å². The van der Waals surface area contributed by atoms with Crippen LogP contribution in [0.4, 0.5) is 4.79 Å². The summed E-state index contributed by atoms with van der Waals surface area (Å²) in [5, 5.41) is 27.1. The molecule has 0 unspecified atom stereocenters. The Bertz CT molecular complexity index is 226. The van der Waals surface area contributed by atoms with Crippen molar-refractivity contribution in [2.75, 3.05) is 26.3 Å². The summed E-state index contributed by atoms with van der Waals surface area (Å²) in [6.45, 7) is 1.28. The Morgan fingerprint density at radius 2 is 1.75 bits per heavy atom. The van der Waals surface area contributed by atoms with Crippen LogP contribution in [0.1, 0.15) is 32.1 Å². The van der Waals surface area contributed by atoms with Crippen molar-refractivity contribution in [2.45, 2.75) is 32.1 Å². The summed E-state index contributed by atoms with van der Waals surface area (Å²) >= 11 is 0. The molecule has 5 nitrogen and oxygen atoms in total. The summed E-state index contributed by atoms with van der Waals surface area (Å²) in [6, 6.07) is 0. The van der Waals surface area contributed by atoms with E-state index in [0.29, 0.717) is 25.9 Å². The summed E-state index contributed by atoms with van der Waals surface area (Å²) in [7, 11) is 0. The van der Waals surface area contributed by atoms with Crippen LogP contribution in [0.25, 0.3) is 0 Å². The van der Waals surface area contributed by atoms with Crippen LogP contribution in [0.2, 0.25) is 0 Å². The highest BCUT2D eigenvalue weighted by molar-refractivity contribution is 5.64. The molecule has 1 rings (SSSR count). The van der Waals surface area contributed by atoms with E-state index in [-0.39, 0.29) is 18.6 Å². The molecule has 1 fully saturated rings. The van der Waals surface area contributed by atoms with Crippen LogP contribution in [0.3, 0.4) is 0 Å². The number of carbonyl (C=O) groups is 1. The van der Waals surface area contributed by atoms with Crippen molar-refractivity contribution >= 4 is 6.09 Å². The molecule has 0 bridgehead atoms. The van der Waals surface area contributed by atoms with E-state index in [1.165, 1.54) is 4.90 Å². The number of aliphatic hydroxyl groups excluding tert-OH is 2. The molecular weight excluding hydrogens is 210 g/mol. The molecular formula is C11H21NO4. The maximum absolute atomic E-state index is 10.9. The van der Waals surface area contributed by atoms with E-state index in [0.717, 1.165) is 19.3 Å². The van der Waals surface area contributed by atoms with Crippen molar-refractivity contribution in [3.8, 4) is 0 Å². The third-order valence-corrected chi connectivity index (χ3v) is 3.60. The molecule has 1 amide bonds. The zero-order chi connectivity index (χ0) is 12.0. The number of amides is 1. The average Bonchev–Trinajstić information content (AvgIpc) is 2.42. The largest absolute Gasteiger partial charge is 0.465 e. The van der Waals surface area contributed by atoms with Crippen LogP contribution < -0.4 is 0 Å². The van der Waals surface area contributed by atoms with Crippen molar-refractivity contribution in [1.82, 2.24) is 4.90 Å². The summed E-state index contributed by atoms with van der Waals surface area (Å²) in [5.74, 6) is 0. The van der Waals surface area contributed by atoms with E-state index in [9.17, 15) is 4.79 Å². The van der Waals surface area contributed by atoms with E-state index in [1.807, 2.05) is 0 Å². The zero-order valence-corrected chi connectivity index (χ0v) is 9.56. The van der Waals surface area contributed by atoms with Gasteiger partial charge in [0.2, 0.25) is 0 Å². The van der Waals surface area contributed by atoms with Crippen molar-refractivity contribution < 1.29 is 20.1 Å². The molecule has 0 atom stereocenters. The normalized spacial score (nSPS) is 20.5. The Kier molecular flexibility index (Phi) is 5.02. The molecule has 16 heavy (non-hydrogen) atoms. The van der Waals surface area contributed by atoms with Gasteiger partial charge in [-0.3, -0.25) is 0 Å². The molecule has 0 spiro atoms. The summed E-state index contributed by atoms with van der Waals surface area (Å²) in [6.07, 6.45) is 2.87. The number of hydrogen-bond acceptors (Lipinski definition) is 3. The van der Waals surface area contributed by atoms with Crippen LogP contribution in [0.5, 0.6) is 0 Å². The van der Waals surface area contributed by atoms with Crippen molar-refractivity contribution in [3.63, 3.8) is 0 Å². The van der Waals surface area contributed by atoms with Gasteiger partial charge in [0.05, 0.1) is 0 Å². The lowest BCUT2D eigenvalue weighted by Crippen LogP contribution is -2.31. The van der Waals surface area contributed by atoms with Gasteiger partial charge < -0.3 is 20.2 Å². The first-order valence-electron chi connectivity index (χ1n) is 5.83. The van der Waals surface area contributed by atoms with Gasteiger partial charge in [0, 0.05) is 26.3 Å². The molecule has 0 radical (unpaired) electrons. The second-order valence-corrected chi connectivity index (χ2v) is 4.57. The monoisotopic (exact) mass is 231 g/mol. The summed E-state index contributed by atoms with van der Waals surface area (Å²) in [4.78, 5) is 12.3. The number of rotatable bonds is 4. The van der Waals surface area contributed by atoms with Crippen LogP contribution >= 0.6 is 0 Å². The van der Waals surface area contributed by atoms with Gasteiger partial charge in [-0.05, 0) is 37.5 Å². The summed E-state index contributed by atoms with van der Waals surface area (Å²) in [5.41, 5.74) is -0.0757. The minimum Gasteiger partial charge on any atom is -0.465 e. The van der Waals surface area contributed by atoms with Gasteiger partial charge in [-0.1, -0.05) is 0 Å². The smallest absolute Gasteiger partial charge is 0.407 e. The fraction of sp³-hybridized carbons (Fsp3) is 0.909. The van der Waals surface area contributed by atoms with Gasteiger partial charge in [0.15, 0.2) is 0 Å². The lowest BCUT2D eigenvalue weighted by molar-refractivity contribution is 0.113. The van der Waals surface area contributed by atoms with Crippen LogP contribution in [0, 0.1) is 5.41 Å². The van der Waals surface area contributed by atoms with E-state index in [1.54, 1.807) is 0 Å². The lowest BCUT2D eigenvalue weighted by Gasteiger charge is -2.31. The van der Waals surface area contributed by atoms with Crippen molar-refractivity contribution in [1.29, 1.82) is 0 Å². The molecule has 1 saturated heterocycles. The molecule has 94 valence electrons. The SMILES string of the molecule is O=C(O)N1CCCC(CCO)(CCO)CC1. The van der Waals surface area contributed by atoms with Crippen molar-refractivity contribution in [2.24, 2.45) is 5.41 Å². The van der Waals surface area contributed by atoms with Gasteiger partial charge in [-0.2, -0.15) is 0 Å². The maximum atomic E-state index is 10.9. The highest BCUT2D eigenvalue weighted by Gasteiger charge is 2.32. The molecule has 5 heteroatoms. The molecule has 0 saturated carbocycles. The Hall–Kier alpha value is -0.810. The van der Waals surface area contributed by atoms with Gasteiger partial charge in [0.25, 0.3) is 0 Å². The van der Waals surface area contributed by atoms with Crippen LogP contribution in [0.15, 0.2) is 0 Å². The minimum absolute atomic E-state index is 0.0757. The molecule has 1 heterocycles. The Balaban J connectivity index is 2.62. The molecule has 1 aliphatic heterocycles. The van der Waals surface area contributed by atoms with E-state index < -0.39 is 6.09 Å². The number of nitrogens with zero attached hydrogens (tertiary/aromatic N) is 1. The highest BCUT2D eigenvalue weighted by atomic mass is 16.4. The number of hydrogen-bond donors (Lipinski definition) is 3. The molecule has 0 aromatic rings. The van der Waals surface area contributed by atoms with Crippen molar-refractivity contribution in [3.05, 3.63) is 0 Å². The fourth-order valence-electron chi connectivity index (χ4n) is 2.54. The predicted molar refractivity (Wildman–Crippen MR) is 59.3 cm³/mol. The standard InChI is InChI=1S/C11H21NO4/c13-8-4-11(5-9-14)2-1-6-12(7-3-11)10(15)16/h13-14H,1-9H2,(H,15,16). The van der Waals surface area contributed by atoms with Gasteiger partial charge in [-0.25, -0.2) is 4.79 Å². The van der Waals surface area contributed by atoms with Crippen LogP contribution in [-0.4, -0.2) is 52.6 Å². The predicted octanol–water partition coefficient (Wildman–Crippen LogP) is 0.902.